The van der Waals surface area contributed by atoms with Crippen molar-refractivity contribution in [1.29, 1.82) is 0 Å². The standard InChI is InChI=1S/C26H29N3O4S/c1-3-33-21-11-9-19(10-12-21)25-27-20(18-34-25)17-24(30)28-13-6-14-29(16-15-28)26(31)22-7-4-5-8-23(22)32-2/h4-5,7-12,18H,3,6,13-17H2,1-2H3. The lowest BCUT2D eigenvalue weighted by molar-refractivity contribution is -0.130. The summed E-state index contributed by atoms with van der Waals surface area (Å²) in [6, 6.07) is 15.1. The molecule has 4 rings (SSSR count). The van der Waals surface area contributed by atoms with Crippen molar-refractivity contribution in [2.45, 2.75) is 19.8 Å². The van der Waals surface area contributed by atoms with E-state index in [1.165, 1.54) is 11.3 Å². The van der Waals surface area contributed by atoms with Crippen LogP contribution in [-0.4, -0.2) is 66.5 Å². The maximum absolute atomic E-state index is 13.0. The van der Waals surface area contributed by atoms with Gasteiger partial charge in [-0.25, -0.2) is 4.98 Å². The third-order valence-electron chi connectivity index (χ3n) is 5.77. The Bertz CT molecular complexity index is 1130. The van der Waals surface area contributed by atoms with E-state index in [2.05, 4.69) is 4.98 Å². The molecule has 1 saturated heterocycles. The molecule has 0 unspecified atom stereocenters. The summed E-state index contributed by atoms with van der Waals surface area (Å²) in [7, 11) is 1.56. The first-order valence-corrected chi connectivity index (χ1v) is 12.3. The second kappa shape index (κ2) is 11.2. The summed E-state index contributed by atoms with van der Waals surface area (Å²) in [5.41, 5.74) is 2.33. The molecule has 2 amide bonds. The van der Waals surface area contributed by atoms with E-state index in [4.69, 9.17) is 9.47 Å². The van der Waals surface area contributed by atoms with Crippen LogP contribution in [0, 0.1) is 0 Å². The second-order valence-electron chi connectivity index (χ2n) is 8.00. The van der Waals surface area contributed by atoms with Crippen LogP contribution in [-0.2, 0) is 11.2 Å². The van der Waals surface area contributed by atoms with Gasteiger partial charge in [0.05, 0.1) is 31.4 Å². The second-order valence-corrected chi connectivity index (χ2v) is 8.86. The molecule has 2 heterocycles. The first-order chi connectivity index (χ1) is 16.6. The summed E-state index contributed by atoms with van der Waals surface area (Å²) in [6.45, 7) is 4.83. The van der Waals surface area contributed by atoms with Crippen molar-refractivity contribution in [3.05, 3.63) is 65.2 Å². The Morgan fingerprint density at radius 2 is 1.74 bits per heavy atom. The van der Waals surface area contributed by atoms with E-state index in [-0.39, 0.29) is 18.2 Å². The van der Waals surface area contributed by atoms with E-state index in [0.717, 1.165) is 28.4 Å². The summed E-state index contributed by atoms with van der Waals surface area (Å²) in [5.74, 6) is 1.37. The van der Waals surface area contributed by atoms with Gasteiger partial charge in [-0.15, -0.1) is 11.3 Å². The first kappa shape index (κ1) is 23.8. The molecule has 1 fully saturated rings. The summed E-state index contributed by atoms with van der Waals surface area (Å²) < 4.78 is 10.8. The van der Waals surface area contributed by atoms with E-state index in [1.54, 1.807) is 24.1 Å². The van der Waals surface area contributed by atoms with Crippen LogP contribution in [0.2, 0.25) is 0 Å². The highest BCUT2D eigenvalue weighted by molar-refractivity contribution is 7.13. The highest BCUT2D eigenvalue weighted by Crippen LogP contribution is 2.26. The van der Waals surface area contributed by atoms with Gasteiger partial charge in [0.1, 0.15) is 16.5 Å². The molecule has 8 heteroatoms. The lowest BCUT2D eigenvalue weighted by atomic mass is 10.1. The number of ether oxygens (including phenoxy) is 2. The topological polar surface area (TPSA) is 72.0 Å². The number of aromatic nitrogens is 1. The SMILES string of the molecule is CCOc1ccc(-c2nc(CC(=O)N3CCCN(C(=O)c4ccccc4OC)CC3)cs2)cc1. The molecule has 0 aliphatic carbocycles. The molecule has 34 heavy (non-hydrogen) atoms. The molecule has 1 aliphatic rings. The van der Waals surface area contributed by atoms with Crippen LogP contribution in [0.5, 0.6) is 11.5 Å². The number of hydrogen-bond acceptors (Lipinski definition) is 6. The molecular formula is C26H29N3O4S. The molecule has 1 aliphatic heterocycles. The van der Waals surface area contributed by atoms with Gasteiger partial charge in [0.15, 0.2) is 0 Å². The quantitative estimate of drug-likeness (QED) is 0.509. The van der Waals surface area contributed by atoms with Crippen LogP contribution >= 0.6 is 11.3 Å². The number of methoxy groups -OCH3 is 1. The monoisotopic (exact) mass is 479 g/mol. The van der Waals surface area contributed by atoms with Gasteiger partial charge in [-0.2, -0.15) is 0 Å². The van der Waals surface area contributed by atoms with Gasteiger partial charge in [-0.1, -0.05) is 12.1 Å². The average Bonchev–Trinajstić information content (AvgIpc) is 3.18. The number of carbonyl (C=O) groups excluding carboxylic acids is 2. The summed E-state index contributed by atoms with van der Waals surface area (Å²) in [5, 5.41) is 2.83. The molecule has 0 bridgehead atoms. The zero-order valence-electron chi connectivity index (χ0n) is 19.5. The number of benzene rings is 2. The Kier molecular flexibility index (Phi) is 7.80. The Morgan fingerprint density at radius 1 is 1.00 bits per heavy atom. The molecule has 0 saturated carbocycles. The van der Waals surface area contributed by atoms with E-state index in [1.807, 2.05) is 53.6 Å². The smallest absolute Gasteiger partial charge is 0.257 e. The first-order valence-electron chi connectivity index (χ1n) is 11.5. The minimum Gasteiger partial charge on any atom is -0.496 e. The van der Waals surface area contributed by atoms with E-state index in [9.17, 15) is 9.59 Å². The highest BCUT2D eigenvalue weighted by atomic mass is 32.1. The summed E-state index contributed by atoms with van der Waals surface area (Å²) >= 11 is 1.53. The van der Waals surface area contributed by atoms with Gasteiger partial charge in [-0.3, -0.25) is 9.59 Å². The van der Waals surface area contributed by atoms with Crippen LogP contribution in [0.4, 0.5) is 0 Å². The minimum absolute atomic E-state index is 0.0372. The van der Waals surface area contributed by atoms with Gasteiger partial charge < -0.3 is 19.3 Å². The number of amides is 2. The number of thiazole rings is 1. The fourth-order valence-corrected chi connectivity index (χ4v) is 4.84. The highest BCUT2D eigenvalue weighted by Gasteiger charge is 2.25. The molecule has 0 N–H and O–H groups in total. The maximum Gasteiger partial charge on any atom is 0.257 e. The van der Waals surface area contributed by atoms with Crippen LogP contribution in [0.15, 0.2) is 53.9 Å². The molecule has 2 aromatic carbocycles. The minimum atomic E-state index is -0.0637. The van der Waals surface area contributed by atoms with Crippen LogP contribution in [0.1, 0.15) is 29.4 Å². The van der Waals surface area contributed by atoms with Gasteiger partial charge in [0.25, 0.3) is 5.91 Å². The third-order valence-corrected chi connectivity index (χ3v) is 6.71. The lowest BCUT2D eigenvalue weighted by Gasteiger charge is -2.22. The van der Waals surface area contributed by atoms with Gasteiger partial charge in [0.2, 0.25) is 5.91 Å². The fraction of sp³-hybridized carbons (Fsp3) is 0.346. The number of rotatable bonds is 7. The maximum atomic E-state index is 13.0. The zero-order chi connectivity index (χ0) is 23.9. The molecule has 0 spiro atoms. The molecule has 7 nitrogen and oxygen atoms in total. The molecule has 178 valence electrons. The number of para-hydroxylation sites is 1. The molecule has 0 radical (unpaired) electrons. The molecule has 3 aromatic rings. The van der Waals surface area contributed by atoms with Crippen molar-refractivity contribution in [3.8, 4) is 22.1 Å². The average molecular weight is 480 g/mol. The predicted octanol–water partition coefficient (Wildman–Crippen LogP) is 4.13. The predicted molar refractivity (Wildman–Crippen MR) is 133 cm³/mol. The van der Waals surface area contributed by atoms with Crippen LogP contribution < -0.4 is 9.47 Å². The number of carbonyl (C=O) groups is 2. The lowest BCUT2D eigenvalue weighted by Crippen LogP contribution is -2.38. The van der Waals surface area contributed by atoms with Crippen molar-refractivity contribution in [1.82, 2.24) is 14.8 Å². The molecule has 1 aromatic heterocycles. The largest absolute Gasteiger partial charge is 0.496 e. The van der Waals surface area contributed by atoms with Crippen molar-refractivity contribution >= 4 is 23.2 Å². The van der Waals surface area contributed by atoms with Crippen molar-refractivity contribution in [3.63, 3.8) is 0 Å². The molecule has 0 atom stereocenters. The van der Waals surface area contributed by atoms with Gasteiger partial charge >= 0.3 is 0 Å². The molecular weight excluding hydrogens is 450 g/mol. The fourth-order valence-electron chi connectivity index (χ4n) is 4.01. The Hall–Kier alpha value is -3.39. The van der Waals surface area contributed by atoms with Gasteiger partial charge in [0, 0.05) is 37.1 Å². The van der Waals surface area contributed by atoms with E-state index < -0.39 is 0 Å². The van der Waals surface area contributed by atoms with Crippen molar-refractivity contribution in [2.24, 2.45) is 0 Å². The number of hydrogen-bond donors (Lipinski definition) is 0. The van der Waals surface area contributed by atoms with Crippen LogP contribution in [0.3, 0.4) is 0 Å². The van der Waals surface area contributed by atoms with Crippen molar-refractivity contribution < 1.29 is 19.1 Å². The van der Waals surface area contributed by atoms with Crippen molar-refractivity contribution in [2.75, 3.05) is 39.9 Å². The Balaban J connectivity index is 1.35. The summed E-state index contributed by atoms with van der Waals surface area (Å²) in [6.07, 6.45) is 0.995. The Morgan fingerprint density at radius 3 is 2.50 bits per heavy atom. The van der Waals surface area contributed by atoms with E-state index >= 15 is 0 Å². The number of nitrogens with zero attached hydrogens (tertiary/aromatic N) is 3. The zero-order valence-corrected chi connectivity index (χ0v) is 20.3. The summed E-state index contributed by atoms with van der Waals surface area (Å²) in [4.78, 5) is 34.3. The van der Waals surface area contributed by atoms with Crippen LogP contribution in [0.25, 0.3) is 10.6 Å². The Labute approximate surface area is 203 Å². The third kappa shape index (κ3) is 5.56. The normalized spacial score (nSPS) is 13.9. The van der Waals surface area contributed by atoms with Gasteiger partial charge in [-0.05, 0) is 49.7 Å². The van der Waals surface area contributed by atoms with E-state index in [0.29, 0.717) is 44.1 Å².